The first-order chi connectivity index (χ1) is 14.4. The Morgan fingerprint density at radius 3 is 2.37 bits per heavy atom. The summed E-state index contributed by atoms with van der Waals surface area (Å²) >= 11 is 0. The van der Waals surface area contributed by atoms with Gasteiger partial charge in [-0.2, -0.15) is 13.2 Å². The van der Waals surface area contributed by atoms with E-state index in [0.717, 1.165) is 43.4 Å². The summed E-state index contributed by atoms with van der Waals surface area (Å²) in [6.07, 6.45) is -0.704. The maximum Gasteiger partial charge on any atom is 0.416 e. The van der Waals surface area contributed by atoms with Crippen LogP contribution in [0.5, 0.6) is 0 Å². The first kappa shape index (κ1) is 21.3. The van der Waals surface area contributed by atoms with Crippen molar-refractivity contribution in [2.45, 2.75) is 37.9 Å². The molecule has 2 fully saturated rings. The zero-order valence-electron chi connectivity index (χ0n) is 17.0. The number of hydrogen-bond acceptors (Lipinski definition) is 2. The second kappa shape index (κ2) is 9.06. The van der Waals surface area contributed by atoms with Crippen LogP contribution in [0.2, 0.25) is 0 Å². The Labute approximate surface area is 175 Å². The molecule has 30 heavy (non-hydrogen) atoms. The van der Waals surface area contributed by atoms with E-state index in [9.17, 15) is 17.6 Å². The van der Waals surface area contributed by atoms with Gasteiger partial charge in [-0.1, -0.05) is 36.8 Å². The van der Waals surface area contributed by atoms with Crippen LogP contribution < -0.4 is 0 Å². The van der Waals surface area contributed by atoms with Gasteiger partial charge in [0.25, 0.3) is 0 Å². The molecule has 0 amide bonds. The van der Waals surface area contributed by atoms with Crippen molar-refractivity contribution in [1.82, 2.24) is 9.80 Å². The number of alkyl halides is 3. The number of piperidine rings is 1. The molecule has 2 aromatic carbocycles. The zero-order valence-corrected chi connectivity index (χ0v) is 17.0. The summed E-state index contributed by atoms with van der Waals surface area (Å²) in [5.74, 6) is 0.0499. The Kier molecular flexibility index (Phi) is 6.44. The van der Waals surface area contributed by atoms with E-state index in [1.165, 1.54) is 43.5 Å². The highest BCUT2D eigenvalue weighted by molar-refractivity contribution is 5.30. The third kappa shape index (κ3) is 5.22. The minimum Gasteiger partial charge on any atom is -0.303 e. The van der Waals surface area contributed by atoms with E-state index in [1.54, 1.807) is 6.07 Å². The maximum atomic E-state index is 13.6. The summed E-state index contributed by atoms with van der Waals surface area (Å²) in [7, 11) is 0. The van der Waals surface area contributed by atoms with Crippen LogP contribution in [0.15, 0.2) is 48.5 Å². The van der Waals surface area contributed by atoms with Crippen LogP contribution in [0.1, 0.15) is 41.9 Å². The molecule has 2 aliphatic rings. The average Bonchev–Trinajstić information content (AvgIpc) is 3.10. The highest BCUT2D eigenvalue weighted by Crippen LogP contribution is 2.37. The number of benzene rings is 2. The van der Waals surface area contributed by atoms with Gasteiger partial charge in [0.15, 0.2) is 0 Å². The van der Waals surface area contributed by atoms with Crippen LogP contribution in [0.4, 0.5) is 17.6 Å². The van der Waals surface area contributed by atoms with Gasteiger partial charge in [-0.25, -0.2) is 4.39 Å². The van der Waals surface area contributed by atoms with Crippen LogP contribution in [0.25, 0.3) is 0 Å². The molecule has 0 bridgehead atoms. The van der Waals surface area contributed by atoms with Gasteiger partial charge in [0.05, 0.1) is 5.56 Å². The van der Waals surface area contributed by atoms with Crippen LogP contribution in [0, 0.1) is 11.7 Å². The molecule has 2 heterocycles. The van der Waals surface area contributed by atoms with E-state index in [1.807, 2.05) is 12.1 Å². The summed E-state index contributed by atoms with van der Waals surface area (Å²) in [5, 5.41) is 0. The fraction of sp³-hybridized carbons (Fsp3) is 0.500. The van der Waals surface area contributed by atoms with Crippen LogP contribution in [0.3, 0.4) is 0 Å². The Balaban J connectivity index is 1.55. The van der Waals surface area contributed by atoms with Gasteiger partial charge in [-0.05, 0) is 61.2 Å². The Bertz CT molecular complexity index is 845. The largest absolute Gasteiger partial charge is 0.416 e. The van der Waals surface area contributed by atoms with E-state index in [0.29, 0.717) is 13.1 Å². The number of halogens is 4. The number of rotatable bonds is 5. The normalized spacial score (nSPS) is 23.7. The zero-order chi connectivity index (χ0) is 21.1. The molecule has 2 nitrogen and oxygen atoms in total. The molecule has 2 saturated heterocycles. The van der Waals surface area contributed by atoms with Crippen molar-refractivity contribution in [3.63, 3.8) is 0 Å². The fourth-order valence-electron chi connectivity index (χ4n) is 4.97. The Morgan fingerprint density at radius 2 is 1.63 bits per heavy atom. The molecule has 2 unspecified atom stereocenters. The summed E-state index contributed by atoms with van der Waals surface area (Å²) in [4.78, 5) is 4.72. The molecule has 0 spiro atoms. The quantitative estimate of drug-likeness (QED) is 0.586. The van der Waals surface area contributed by atoms with E-state index >= 15 is 0 Å². The summed E-state index contributed by atoms with van der Waals surface area (Å²) < 4.78 is 53.4. The molecule has 0 saturated carbocycles. The summed E-state index contributed by atoms with van der Waals surface area (Å²) in [6, 6.07) is 12.4. The molecule has 162 valence electrons. The van der Waals surface area contributed by atoms with E-state index < -0.39 is 11.7 Å². The van der Waals surface area contributed by atoms with Gasteiger partial charge in [0, 0.05) is 32.1 Å². The lowest BCUT2D eigenvalue weighted by molar-refractivity contribution is -0.137. The third-order valence-electron chi connectivity index (χ3n) is 6.40. The standard InChI is InChI=1S/C24H28F4N2/c25-22-9-4-6-18(12-22)14-30-16-20(15-29-10-2-1-3-11-29)23(17-30)19-7-5-8-21(13-19)24(26,27)28/h4-9,12-13,20,23H,1-3,10-11,14-17H2. The van der Waals surface area contributed by atoms with Crippen LogP contribution in [-0.4, -0.2) is 42.5 Å². The minimum absolute atomic E-state index is 0.0442. The second-order valence-corrected chi connectivity index (χ2v) is 8.68. The van der Waals surface area contributed by atoms with Crippen molar-refractivity contribution in [3.8, 4) is 0 Å². The topological polar surface area (TPSA) is 6.48 Å². The number of nitrogens with zero attached hydrogens (tertiary/aromatic N) is 2. The Hall–Kier alpha value is -1.92. The molecule has 2 atom stereocenters. The highest BCUT2D eigenvalue weighted by atomic mass is 19.4. The molecule has 2 aliphatic heterocycles. The SMILES string of the molecule is Fc1cccc(CN2CC(CN3CCCCC3)C(c3cccc(C(F)(F)F)c3)C2)c1. The van der Waals surface area contributed by atoms with Crippen LogP contribution in [-0.2, 0) is 12.7 Å². The van der Waals surface area contributed by atoms with Crippen molar-refractivity contribution in [1.29, 1.82) is 0 Å². The first-order valence-corrected chi connectivity index (χ1v) is 10.7. The van der Waals surface area contributed by atoms with E-state index in [2.05, 4.69) is 9.80 Å². The molecule has 6 heteroatoms. The van der Waals surface area contributed by atoms with Gasteiger partial charge in [0.1, 0.15) is 5.82 Å². The highest BCUT2D eigenvalue weighted by Gasteiger charge is 2.37. The lowest BCUT2D eigenvalue weighted by Crippen LogP contribution is -2.36. The monoisotopic (exact) mass is 420 g/mol. The summed E-state index contributed by atoms with van der Waals surface area (Å²) in [5.41, 5.74) is 1.07. The Morgan fingerprint density at radius 1 is 0.867 bits per heavy atom. The second-order valence-electron chi connectivity index (χ2n) is 8.68. The van der Waals surface area contributed by atoms with Crippen LogP contribution >= 0.6 is 0 Å². The van der Waals surface area contributed by atoms with Gasteiger partial charge >= 0.3 is 6.18 Å². The lowest BCUT2D eigenvalue weighted by Gasteiger charge is -2.31. The van der Waals surface area contributed by atoms with Gasteiger partial charge in [-0.3, -0.25) is 4.90 Å². The first-order valence-electron chi connectivity index (χ1n) is 10.7. The molecular formula is C24H28F4N2. The molecule has 0 aliphatic carbocycles. The molecule has 0 N–H and O–H groups in total. The van der Waals surface area contributed by atoms with Crippen molar-refractivity contribution < 1.29 is 17.6 Å². The van der Waals surface area contributed by atoms with Crippen molar-refractivity contribution >= 4 is 0 Å². The van der Waals surface area contributed by atoms with Crippen molar-refractivity contribution in [2.75, 3.05) is 32.7 Å². The molecule has 0 aromatic heterocycles. The predicted octanol–water partition coefficient (Wildman–Crippen LogP) is 5.55. The van der Waals surface area contributed by atoms with Gasteiger partial charge in [0.2, 0.25) is 0 Å². The number of likely N-dealkylation sites (tertiary alicyclic amines) is 2. The van der Waals surface area contributed by atoms with E-state index in [4.69, 9.17) is 0 Å². The minimum atomic E-state index is -4.34. The molecular weight excluding hydrogens is 392 g/mol. The number of hydrogen-bond donors (Lipinski definition) is 0. The predicted molar refractivity (Wildman–Crippen MR) is 110 cm³/mol. The molecule has 2 aromatic rings. The third-order valence-corrected chi connectivity index (χ3v) is 6.40. The maximum absolute atomic E-state index is 13.6. The smallest absolute Gasteiger partial charge is 0.303 e. The lowest BCUT2D eigenvalue weighted by atomic mass is 9.87. The molecule has 0 radical (unpaired) electrons. The van der Waals surface area contributed by atoms with Gasteiger partial charge < -0.3 is 4.90 Å². The van der Waals surface area contributed by atoms with Crippen molar-refractivity contribution in [3.05, 3.63) is 71.0 Å². The summed E-state index contributed by atoms with van der Waals surface area (Å²) in [6.45, 7) is 5.15. The molecule has 4 rings (SSSR count). The average molecular weight is 420 g/mol. The van der Waals surface area contributed by atoms with Crippen molar-refractivity contribution in [2.24, 2.45) is 5.92 Å². The van der Waals surface area contributed by atoms with Gasteiger partial charge in [-0.15, -0.1) is 0 Å². The fourth-order valence-corrected chi connectivity index (χ4v) is 4.97. The van der Waals surface area contributed by atoms with E-state index in [-0.39, 0.29) is 17.7 Å².